The van der Waals surface area contributed by atoms with Crippen molar-refractivity contribution < 1.29 is 33.6 Å². The Morgan fingerprint density at radius 3 is 2.09 bits per heavy atom. The highest BCUT2D eigenvalue weighted by Crippen LogP contribution is 2.45. The third kappa shape index (κ3) is 4.66. The van der Waals surface area contributed by atoms with Crippen LogP contribution in [-0.4, -0.2) is 63.3 Å². The summed E-state index contributed by atoms with van der Waals surface area (Å²) in [4.78, 5) is 27.6. The number of rotatable bonds is 9. The molecular formula is C25H29NO7. The van der Waals surface area contributed by atoms with E-state index in [9.17, 15) is 14.7 Å². The van der Waals surface area contributed by atoms with Gasteiger partial charge >= 0.3 is 0 Å². The molecule has 0 aromatic heterocycles. The highest BCUT2D eigenvalue weighted by atomic mass is 16.5. The number of carbonyl (C=O) groups is 2. The van der Waals surface area contributed by atoms with E-state index in [1.165, 1.54) is 26.2 Å². The van der Waals surface area contributed by atoms with Crippen molar-refractivity contribution in [2.24, 2.45) is 0 Å². The van der Waals surface area contributed by atoms with Gasteiger partial charge in [0, 0.05) is 25.8 Å². The number of benzene rings is 2. The molecule has 8 heteroatoms. The predicted molar refractivity (Wildman–Crippen MR) is 123 cm³/mol. The molecule has 33 heavy (non-hydrogen) atoms. The normalized spacial score (nSPS) is 17.4. The number of carbonyl (C=O) groups excluding carboxylic acids is 2. The summed E-state index contributed by atoms with van der Waals surface area (Å²) in [6.07, 6.45) is 0.523. The van der Waals surface area contributed by atoms with Crippen LogP contribution in [0, 0.1) is 6.92 Å². The van der Waals surface area contributed by atoms with Crippen LogP contribution < -0.4 is 14.2 Å². The van der Waals surface area contributed by atoms with E-state index in [2.05, 4.69) is 0 Å². The fourth-order valence-corrected chi connectivity index (χ4v) is 3.96. The number of nitrogens with zero attached hydrogens (tertiary/aromatic N) is 1. The first kappa shape index (κ1) is 24.1. The summed E-state index contributed by atoms with van der Waals surface area (Å²) < 4.78 is 21.5. The van der Waals surface area contributed by atoms with Crippen LogP contribution in [-0.2, 0) is 14.3 Å². The Hall–Kier alpha value is -3.52. The van der Waals surface area contributed by atoms with Gasteiger partial charge in [-0.1, -0.05) is 29.8 Å². The summed E-state index contributed by atoms with van der Waals surface area (Å²) >= 11 is 0. The molecule has 0 aliphatic carbocycles. The molecule has 2 aromatic rings. The third-order valence-electron chi connectivity index (χ3n) is 5.62. The Kier molecular flexibility index (Phi) is 7.60. The summed E-state index contributed by atoms with van der Waals surface area (Å²) in [7, 11) is 6.04. The SMILES string of the molecule is COCCCN1C(=O)C(=O)C(=C(O)c2ccc(C)cc2)[C@@H]1c1cc(OC)c(OC)c(OC)c1. The second-order valence-electron chi connectivity index (χ2n) is 7.66. The zero-order chi connectivity index (χ0) is 24.1. The van der Waals surface area contributed by atoms with Gasteiger partial charge < -0.3 is 29.0 Å². The topological polar surface area (TPSA) is 94.5 Å². The number of Topliss-reactive ketones (excluding diaryl/α,β-unsaturated/α-hetero) is 1. The molecule has 0 bridgehead atoms. The van der Waals surface area contributed by atoms with Crippen LogP contribution in [0.15, 0.2) is 42.0 Å². The average molecular weight is 456 g/mol. The van der Waals surface area contributed by atoms with E-state index in [0.29, 0.717) is 41.4 Å². The number of amides is 1. The van der Waals surface area contributed by atoms with Gasteiger partial charge in [0.1, 0.15) is 5.76 Å². The molecule has 3 rings (SSSR count). The van der Waals surface area contributed by atoms with E-state index < -0.39 is 17.7 Å². The first-order chi connectivity index (χ1) is 15.9. The van der Waals surface area contributed by atoms with Gasteiger partial charge in [-0.15, -0.1) is 0 Å². The van der Waals surface area contributed by atoms with E-state index in [1.54, 1.807) is 31.4 Å². The number of hydrogen-bond acceptors (Lipinski definition) is 7. The van der Waals surface area contributed by atoms with Crippen molar-refractivity contribution in [1.82, 2.24) is 4.90 Å². The van der Waals surface area contributed by atoms with Crippen molar-refractivity contribution in [2.45, 2.75) is 19.4 Å². The van der Waals surface area contributed by atoms with Gasteiger partial charge in [0.15, 0.2) is 11.5 Å². The maximum atomic E-state index is 13.1. The van der Waals surface area contributed by atoms with Crippen LogP contribution in [0.5, 0.6) is 17.2 Å². The molecule has 0 spiro atoms. The Morgan fingerprint density at radius 1 is 0.970 bits per heavy atom. The Labute approximate surface area is 193 Å². The van der Waals surface area contributed by atoms with Gasteiger partial charge in [0.25, 0.3) is 11.7 Å². The number of hydrogen-bond donors (Lipinski definition) is 1. The average Bonchev–Trinajstić information content (AvgIpc) is 3.08. The molecular weight excluding hydrogens is 426 g/mol. The monoisotopic (exact) mass is 455 g/mol. The lowest BCUT2D eigenvalue weighted by molar-refractivity contribution is -0.140. The molecule has 176 valence electrons. The lowest BCUT2D eigenvalue weighted by Crippen LogP contribution is -2.31. The number of likely N-dealkylation sites (tertiary alicyclic amines) is 1. The lowest BCUT2D eigenvalue weighted by Gasteiger charge is -2.26. The molecule has 0 saturated carbocycles. The predicted octanol–water partition coefficient (Wildman–Crippen LogP) is 3.48. The smallest absolute Gasteiger partial charge is 0.295 e. The molecule has 1 atom stereocenters. The van der Waals surface area contributed by atoms with Crippen molar-refractivity contribution in [3.8, 4) is 17.2 Å². The Bertz CT molecular complexity index is 1030. The molecule has 2 aromatic carbocycles. The van der Waals surface area contributed by atoms with Crippen LogP contribution in [0.1, 0.15) is 29.2 Å². The standard InChI is InChI=1S/C25H29NO7/c1-15-7-9-16(10-8-15)22(27)20-21(26(11-6-12-30-2)25(29)23(20)28)17-13-18(31-3)24(33-5)19(14-17)32-4/h7-10,13-14,21,27H,6,11-12H2,1-5H3/t21-/m0/s1. The highest BCUT2D eigenvalue weighted by Gasteiger charge is 2.46. The minimum absolute atomic E-state index is 0.00976. The highest BCUT2D eigenvalue weighted by molar-refractivity contribution is 6.46. The molecule has 0 unspecified atom stereocenters. The minimum Gasteiger partial charge on any atom is -0.507 e. The van der Waals surface area contributed by atoms with Crippen molar-refractivity contribution >= 4 is 17.4 Å². The molecule has 1 amide bonds. The number of methoxy groups -OCH3 is 4. The number of aryl methyl sites for hydroxylation is 1. The van der Waals surface area contributed by atoms with Crippen molar-refractivity contribution in [2.75, 3.05) is 41.6 Å². The van der Waals surface area contributed by atoms with E-state index in [-0.39, 0.29) is 17.9 Å². The largest absolute Gasteiger partial charge is 0.507 e. The lowest BCUT2D eigenvalue weighted by atomic mass is 9.94. The fourth-order valence-electron chi connectivity index (χ4n) is 3.96. The molecule has 1 aliphatic rings. The molecule has 1 fully saturated rings. The van der Waals surface area contributed by atoms with Crippen LogP contribution in [0.25, 0.3) is 5.76 Å². The molecule has 1 aliphatic heterocycles. The van der Waals surface area contributed by atoms with E-state index >= 15 is 0 Å². The van der Waals surface area contributed by atoms with Crippen molar-refractivity contribution in [3.05, 3.63) is 58.7 Å². The first-order valence-corrected chi connectivity index (χ1v) is 10.5. The van der Waals surface area contributed by atoms with E-state index in [4.69, 9.17) is 18.9 Å². The first-order valence-electron chi connectivity index (χ1n) is 10.5. The number of ether oxygens (including phenoxy) is 4. The second-order valence-corrected chi connectivity index (χ2v) is 7.66. The molecule has 8 nitrogen and oxygen atoms in total. The summed E-state index contributed by atoms with van der Waals surface area (Å²) in [6.45, 7) is 2.61. The van der Waals surface area contributed by atoms with Gasteiger partial charge in [0.05, 0.1) is 32.9 Å². The minimum atomic E-state index is -0.836. The zero-order valence-electron chi connectivity index (χ0n) is 19.5. The summed E-state index contributed by atoms with van der Waals surface area (Å²) in [6, 6.07) is 9.63. The zero-order valence-corrected chi connectivity index (χ0v) is 19.5. The summed E-state index contributed by atoms with van der Waals surface area (Å²) in [5.41, 5.74) is 2.02. The number of ketones is 1. The van der Waals surface area contributed by atoms with Crippen molar-refractivity contribution in [3.63, 3.8) is 0 Å². The van der Waals surface area contributed by atoms with Crippen LogP contribution in [0.3, 0.4) is 0 Å². The maximum Gasteiger partial charge on any atom is 0.295 e. The second kappa shape index (κ2) is 10.4. The fraction of sp³-hybridized carbons (Fsp3) is 0.360. The quantitative estimate of drug-likeness (QED) is 0.268. The van der Waals surface area contributed by atoms with E-state index in [0.717, 1.165) is 5.56 Å². The van der Waals surface area contributed by atoms with Crippen LogP contribution in [0.4, 0.5) is 0 Å². The maximum absolute atomic E-state index is 13.1. The van der Waals surface area contributed by atoms with Gasteiger partial charge in [-0.3, -0.25) is 9.59 Å². The summed E-state index contributed by atoms with van der Waals surface area (Å²) in [5, 5.41) is 11.1. The van der Waals surface area contributed by atoms with Gasteiger partial charge in [-0.25, -0.2) is 0 Å². The Morgan fingerprint density at radius 2 is 1.58 bits per heavy atom. The third-order valence-corrected chi connectivity index (χ3v) is 5.62. The molecule has 1 heterocycles. The number of aliphatic hydroxyl groups is 1. The van der Waals surface area contributed by atoms with E-state index in [1.807, 2.05) is 19.1 Å². The number of aliphatic hydroxyl groups excluding tert-OH is 1. The molecule has 1 N–H and O–H groups in total. The summed E-state index contributed by atoms with van der Waals surface area (Å²) in [5.74, 6) is -0.517. The van der Waals surface area contributed by atoms with Gasteiger partial charge in [-0.2, -0.15) is 0 Å². The van der Waals surface area contributed by atoms with Gasteiger partial charge in [0.2, 0.25) is 5.75 Å². The van der Waals surface area contributed by atoms with Crippen LogP contribution >= 0.6 is 0 Å². The van der Waals surface area contributed by atoms with Crippen molar-refractivity contribution in [1.29, 1.82) is 0 Å². The van der Waals surface area contributed by atoms with Gasteiger partial charge in [-0.05, 0) is 31.0 Å². The molecule has 0 radical (unpaired) electrons. The molecule has 1 saturated heterocycles. The Balaban J connectivity index is 2.22. The van der Waals surface area contributed by atoms with Crippen LogP contribution in [0.2, 0.25) is 0 Å².